The number of pyridine rings is 1. The normalized spacial score (nSPS) is 28.4. The maximum Gasteiger partial charge on any atom is 0.319 e. The van der Waals surface area contributed by atoms with Crippen molar-refractivity contribution in [1.82, 2.24) is 19.9 Å². The van der Waals surface area contributed by atoms with Crippen molar-refractivity contribution in [3.63, 3.8) is 0 Å². The van der Waals surface area contributed by atoms with Gasteiger partial charge in [0.05, 0.1) is 45.1 Å². The molecule has 2 aromatic carbocycles. The molecule has 2 unspecified atom stereocenters. The van der Waals surface area contributed by atoms with E-state index in [0.29, 0.717) is 24.6 Å². The van der Waals surface area contributed by atoms with Crippen LogP contribution in [0.15, 0.2) is 24.3 Å². The van der Waals surface area contributed by atoms with Crippen LogP contribution in [0.25, 0.3) is 32.9 Å². The Morgan fingerprint density at radius 3 is 2.68 bits per heavy atom. The first kappa shape index (κ1) is 38.1. The van der Waals surface area contributed by atoms with E-state index in [1.807, 2.05) is 0 Å². The van der Waals surface area contributed by atoms with Gasteiger partial charge >= 0.3 is 6.01 Å². The third-order valence-corrected chi connectivity index (χ3v) is 12.1. The molecule has 6 atom stereocenters. The number of halogens is 2. The highest BCUT2D eigenvalue weighted by Crippen LogP contribution is 2.50. The minimum absolute atomic E-state index is 0.0220. The van der Waals surface area contributed by atoms with Gasteiger partial charge in [-0.05, 0) is 76.1 Å². The zero-order valence-electron chi connectivity index (χ0n) is 32.0. The first-order valence-corrected chi connectivity index (χ1v) is 19.4. The number of methoxy groups -OCH3 is 1. The topological polar surface area (TPSA) is 123 Å². The molecular formula is C43H47F2N5O6. The summed E-state index contributed by atoms with van der Waals surface area (Å²) in [5.74, 6) is 3.69. The third-order valence-electron chi connectivity index (χ3n) is 12.1. The lowest BCUT2D eigenvalue weighted by molar-refractivity contribution is -0.0864. The van der Waals surface area contributed by atoms with Crippen LogP contribution in [0.2, 0.25) is 0 Å². The number of phenolic OH excluding ortho intramolecular Hbond substituents is 1. The van der Waals surface area contributed by atoms with Crippen LogP contribution in [0.4, 0.5) is 14.6 Å². The number of fused-ring (bicyclic) bond motifs is 3. The van der Waals surface area contributed by atoms with Gasteiger partial charge in [0.2, 0.25) is 5.88 Å². The van der Waals surface area contributed by atoms with E-state index in [4.69, 9.17) is 41.8 Å². The van der Waals surface area contributed by atoms with E-state index in [-0.39, 0.29) is 100.0 Å². The molecule has 4 fully saturated rings. The Bertz CT molecular complexity index is 2260. The van der Waals surface area contributed by atoms with Crippen LogP contribution in [0.5, 0.6) is 17.6 Å². The van der Waals surface area contributed by atoms with E-state index in [1.165, 1.54) is 31.4 Å². The highest BCUT2D eigenvalue weighted by Gasteiger charge is 2.51. The molecule has 11 nitrogen and oxygen atoms in total. The molecule has 0 spiro atoms. The fraction of sp³-hybridized carbons (Fsp3) is 0.512. The summed E-state index contributed by atoms with van der Waals surface area (Å²) in [6.07, 6.45) is 18.2. The van der Waals surface area contributed by atoms with Gasteiger partial charge in [-0.3, -0.25) is 4.90 Å². The van der Waals surface area contributed by atoms with Gasteiger partial charge in [-0.25, -0.2) is 13.8 Å². The van der Waals surface area contributed by atoms with Crippen molar-refractivity contribution >= 4 is 27.5 Å². The average Bonchev–Trinajstić information content (AvgIpc) is 3.53. The standard InChI is InChI=1S/C43H47F2N5O6/c1-6-29-20-27(18-25(3)56-29)50-15-9-14-43(13-8-10-33(43)50)24-55-41-47-38-35(39(48-41)49-16-17-54-23-42(4,52)22-49)40(53-5)46-37(36(38)45)31-21-28(51)19-26-11-12-32(44)30(7-2)34(26)31/h1-2,11-12,19,21,25,27,29,33,51-52H,8-10,13-18,20,22-24H2,3-5H3/t25-,27?,29-,33?,42+,43-/m1/s1. The number of rotatable bonds is 7. The number of piperidine rings is 1. The van der Waals surface area contributed by atoms with Crippen molar-refractivity contribution in [3.8, 4) is 53.6 Å². The highest BCUT2D eigenvalue weighted by atomic mass is 19.1. The number of aromatic nitrogens is 3. The lowest BCUT2D eigenvalue weighted by Gasteiger charge is -2.51. The van der Waals surface area contributed by atoms with E-state index in [0.717, 1.165) is 51.5 Å². The Morgan fingerprint density at radius 2 is 1.89 bits per heavy atom. The Hall–Kier alpha value is -4.79. The number of hydrogen-bond donors (Lipinski definition) is 2. The molecule has 8 rings (SSSR count). The third kappa shape index (κ3) is 6.85. The lowest BCUT2D eigenvalue weighted by Crippen LogP contribution is -2.57. The number of ether oxygens (including phenoxy) is 4. The average molecular weight is 768 g/mol. The van der Waals surface area contributed by atoms with Crippen LogP contribution in [-0.4, -0.2) is 107 Å². The van der Waals surface area contributed by atoms with Crippen molar-refractivity contribution in [2.45, 2.75) is 88.7 Å². The number of terminal acetylenes is 2. The minimum Gasteiger partial charge on any atom is -0.508 e. The molecule has 4 aliphatic rings. The maximum absolute atomic E-state index is 17.4. The van der Waals surface area contributed by atoms with Crippen molar-refractivity contribution in [2.75, 3.05) is 51.5 Å². The largest absolute Gasteiger partial charge is 0.508 e. The van der Waals surface area contributed by atoms with E-state index < -0.39 is 17.2 Å². The molecule has 0 radical (unpaired) electrons. The van der Waals surface area contributed by atoms with E-state index >= 15 is 8.78 Å². The fourth-order valence-electron chi connectivity index (χ4n) is 9.74. The predicted octanol–water partition coefficient (Wildman–Crippen LogP) is 5.99. The van der Waals surface area contributed by atoms with Crippen molar-refractivity contribution in [2.24, 2.45) is 5.41 Å². The number of anilines is 1. The fourth-order valence-corrected chi connectivity index (χ4v) is 9.74. The van der Waals surface area contributed by atoms with Crippen molar-refractivity contribution < 1.29 is 37.9 Å². The van der Waals surface area contributed by atoms with Gasteiger partial charge < -0.3 is 34.1 Å². The summed E-state index contributed by atoms with van der Waals surface area (Å²) in [5.41, 5.74) is -1.90. The Balaban J connectivity index is 1.25. The van der Waals surface area contributed by atoms with Crippen molar-refractivity contribution in [3.05, 3.63) is 41.5 Å². The number of aromatic hydroxyl groups is 1. The van der Waals surface area contributed by atoms with Crippen LogP contribution in [0, 0.1) is 41.7 Å². The number of benzene rings is 2. The van der Waals surface area contributed by atoms with Gasteiger partial charge in [0, 0.05) is 41.4 Å². The Kier molecular flexibility index (Phi) is 10.2. The first-order chi connectivity index (χ1) is 26.9. The molecule has 0 bridgehead atoms. The van der Waals surface area contributed by atoms with Gasteiger partial charge in [0.15, 0.2) is 5.82 Å². The molecule has 1 saturated carbocycles. The molecule has 294 valence electrons. The summed E-state index contributed by atoms with van der Waals surface area (Å²) >= 11 is 0. The van der Waals surface area contributed by atoms with Gasteiger partial charge in [-0.1, -0.05) is 24.3 Å². The molecule has 2 N–H and O–H groups in total. The quantitative estimate of drug-likeness (QED) is 0.216. The van der Waals surface area contributed by atoms with E-state index in [1.54, 1.807) is 11.8 Å². The maximum atomic E-state index is 17.4. The number of β-amino-alcohol motifs (C(OH)–C–C–N with tert-alkyl or cyclic N) is 1. The molecule has 3 aliphatic heterocycles. The molecule has 0 amide bonds. The molecule has 3 saturated heterocycles. The van der Waals surface area contributed by atoms with Gasteiger partial charge in [0.25, 0.3) is 0 Å². The van der Waals surface area contributed by atoms with Crippen LogP contribution >= 0.6 is 0 Å². The molecule has 13 heteroatoms. The number of aliphatic hydroxyl groups is 1. The highest BCUT2D eigenvalue weighted by molar-refractivity contribution is 6.04. The van der Waals surface area contributed by atoms with Crippen molar-refractivity contribution in [1.29, 1.82) is 0 Å². The molecule has 5 heterocycles. The first-order valence-electron chi connectivity index (χ1n) is 19.4. The molecule has 1 aliphatic carbocycles. The van der Waals surface area contributed by atoms with Crippen LogP contribution in [0.3, 0.4) is 0 Å². The summed E-state index contributed by atoms with van der Waals surface area (Å²) in [4.78, 5) is 18.6. The summed E-state index contributed by atoms with van der Waals surface area (Å²) in [6, 6.07) is 5.90. The second-order valence-corrected chi connectivity index (χ2v) is 16.1. The number of likely N-dealkylation sites (tertiary alicyclic amines) is 1. The zero-order chi connectivity index (χ0) is 39.4. The molecule has 2 aromatic heterocycles. The van der Waals surface area contributed by atoms with Crippen LogP contribution < -0.4 is 14.4 Å². The number of hydrogen-bond acceptors (Lipinski definition) is 11. The summed E-state index contributed by atoms with van der Waals surface area (Å²) in [5, 5.41) is 22.7. The van der Waals surface area contributed by atoms with Crippen LogP contribution in [-0.2, 0) is 9.47 Å². The van der Waals surface area contributed by atoms with Gasteiger partial charge in [0.1, 0.15) is 45.7 Å². The predicted molar refractivity (Wildman–Crippen MR) is 208 cm³/mol. The SMILES string of the molecule is C#Cc1c(F)ccc2cc(O)cc(-c3nc(OC)c4c(N5CCOC[C@@](C)(O)C5)nc(OC[C@]56CCCC5N(C5C[C@@H](C)O[C@H](C#C)C5)CCC6)nc4c3F)c12. The Morgan fingerprint density at radius 1 is 1.07 bits per heavy atom. The monoisotopic (exact) mass is 767 g/mol. The lowest BCUT2D eigenvalue weighted by atomic mass is 9.74. The summed E-state index contributed by atoms with van der Waals surface area (Å²) in [7, 11) is 1.39. The van der Waals surface area contributed by atoms with E-state index in [9.17, 15) is 10.2 Å². The van der Waals surface area contributed by atoms with Gasteiger partial charge in [-0.15, -0.1) is 12.8 Å². The second kappa shape index (κ2) is 14.9. The second-order valence-electron chi connectivity index (χ2n) is 16.1. The molecule has 4 aromatic rings. The van der Waals surface area contributed by atoms with Gasteiger partial charge in [-0.2, -0.15) is 9.97 Å². The van der Waals surface area contributed by atoms with E-state index in [2.05, 4.69) is 28.6 Å². The van der Waals surface area contributed by atoms with Crippen LogP contribution in [0.1, 0.15) is 64.4 Å². The minimum atomic E-state index is -1.26. The zero-order valence-corrected chi connectivity index (χ0v) is 32.0. The number of phenols is 1. The summed E-state index contributed by atoms with van der Waals surface area (Å²) < 4.78 is 56.6. The Labute approximate surface area is 325 Å². The number of nitrogens with zero attached hydrogens (tertiary/aromatic N) is 5. The summed E-state index contributed by atoms with van der Waals surface area (Å²) in [6.45, 7) is 5.83. The smallest absolute Gasteiger partial charge is 0.319 e. The molecule has 56 heavy (non-hydrogen) atoms. The molecular weight excluding hydrogens is 720 g/mol.